The largest absolute Gasteiger partial charge is 0.341 e. The molecule has 0 unspecified atom stereocenters. The van der Waals surface area contributed by atoms with Gasteiger partial charge in [-0.25, -0.2) is 4.79 Å². The van der Waals surface area contributed by atoms with Gasteiger partial charge in [0.25, 0.3) is 5.91 Å². The van der Waals surface area contributed by atoms with Crippen molar-refractivity contribution in [2.75, 3.05) is 0 Å². The molecule has 1 aromatic carbocycles. The van der Waals surface area contributed by atoms with E-state index in [1.807, 2.05) is 36.4 Å². The zero-order valence-electron chi connectivity index (χ0n) is 12.2. The Morgan fingerprint density at radius 3 is 2.62 bits per heavy atom. The third-order valence-electron chi connectivity index (χ3n) is 2.70. The molecule has 0 fully saturated rings. The van der Waals surface area contributed by atoms with Crippen LogP contribution in [-0.4, -0.2) is 11.9 Å². The molecule has 1 N–H and O–H groups in total. The first-order chi connectivity index (χ1) is 10.2. The molecule has 4 heteroatoms. The van der Waals surface area contributed by atoms with Crippen LogP contribution in [-0.2, 0) is 14.4 Å². The van der Waals surface area contributed by atoms with E-state index in [0.717, 1.165) is 24.8 Å². The van der Waals surface area contributed by atoms with Crippen LogP contribution < -0.4 is 5.48 Å². The van der Waals surface area contributed by atoms with E-state index in [1.54, 1.807) is 12.2 Å². The number of allylic oxidation sites excluding steroid dienone is 2. The fourth-order valence-corrected chi connectivity index (χ4v) is 1.59. The summed E-state index contributed by atoms with van der Waals surface area (Å²) < 4.78 is 0. The minimum absolute atomic E-state index is 0.325. The van der Waals surface area contributed by atoms with Crippen LogP contribution in [0, 0.1) is 0 Å². The Morgan fingerprint density at radius 2 is 1.90 bits per heavy atom. The molecule has 0 radical (unpaired) electrons. The van der Waals surface area contributed by atoms with Crippen LogP contribution in [0.3, 0.4) is 0 Å². The van der Waals surface area contributed by atoms with Gasteiger partial charge in [0.1, 0.15) is 0 Å². The van der Waals surface area contributed by atoms with Crippen LogP contribution in [0.1, 0.15) is 38.2 Å². The summed E-state index contributed by atoms with van der Waals surface area (Å²) in [6, 6.07) is 9.74. The summed E-state index contributed by atoms with van der Waals surface area (Å²) in [6.45, 7) is 2.06. The van der Waals surface area contributed by atoms with Gasteiger partial charge in [0, 0.05) is 12.5 Å². The van der Waals surface area contributed by atoms with Crippen molar-refractivity contribution in [1.29, 1.82) is 0 Å². The summed E-state index contributed by atoms with van der Waals surface area (Å²) in [5.41, 5.74) is 3.15. The van der Waals surface area contributed by atoms with Crippen LogP contribution in [0.5, 0.6) is 0 Å². The van der Waals surface area contributed by atoms with E-state index in [1.165, 1.54) is 6.08 Å². The number of rotatable bonds is 7. The van der Waals surface area contributed by atoms with Gasteiger partial charge in [0.15, 0.2) is 0 Å². The summed E-state index contributed by atoms with van der Waals surface area (Å²) >= 11 is 0. The Morgan fingerprint density at radius 1 is 1.14 bits per heavy atom. The van der Waals surface area contributed by atoms with Crippen LogP contribution in [0.4, 0.5) is 0 Å². The molecule has 1 aromatic rings. The van der Waals surface area contributed by atoms with Crippen molar-refractivity contribution in [2.24, 2.45) is 0 Å². The summed E-state index contributed by atoms with van der Waals surface area (Å²) in [6.07, 6.45) is 9.64. The molecule has 0 saturated heterocycles. The first kappa shape index (κ1) is 16.7. The van der Waals surface area contributed by atoms with Crippen molar-refractivity contribution < 1.29 is 14.4 Å². The van der Waals surface area contributed by atoms with Crippen molar-refractivity contribution >= 4 is 18.0 Å². The predicted octanol–water partition coefficient (Wildman–Crippen LogP) is 3.41. The standard InChI is InChI=1S/C17H21NO3/c1-2-3-5-14-17(20)21-18-16(19)13-9-8-12-15-10-6-4-7-11-15/h4,6-13H,2-3,5,14H2,1H3,(H,18,19)/b12-8+,13-9+. The summed E-state index contributed by atoms with van der Waals surface area (Å²) in [5, 5.41) is 0. The molecule has 1 rings (SSSR count). The number of nitrogens with one attached hydrogen (secondary N) is 1. The molecule has 1 amide bonds. The maximum absolute atomic E-state index is 11.4. The third-order valence-corrected chi connectivity index (χ3v) is 2.70. The van der Waals surface area contributed by atoms with E-state index >= 15 is 0 Å². The number of carbonyl (C=O) groups is 2. The molecular formula is C17H21NO3. The molecule has 0 aromatic heterocycles. The van der Waals surface area contributed by atoms with Crippen molar-refractivity contribution in [2.45, 2.75) is 32.6 Å². The highest BCUT2D eigenvalue weighted by Crippen LogP contribution is 2.01. The number of benzene rings is 1. The molecule has 0 spiro atoms. The second-order valence-corrected chi connectivity index (χ2v) is 4.53. The van der Waals surface area contributed by atoms with Gasteiger partial charge in [0.2, 0.25) is 0 Å². The van der Waals surface area contributed by atoms with Gasteiger partial charge < -0.3 is 4.84 Å². The summed E-state index contributed by atoms with van der Waals surface area (Å²) in [4.78, 5) is 27.3. The van der Waals surface area contributed by atoms with Gasteiger partial charge in [-0.3, -0.25) is 4.79 Å². The van der Waals surface area contributed by atoms with E-state index in [2.05, 4.69) is 17.2 Å². The van der Waals surface area contributed by atoms with Crippen molar-refractivity contribution in [3.8, 4) is 0 Å². The number of unbranched alkanes of at least 4 members (excludes halogenated alkanes) is 2. The predicted molar refractivity (Wildman–Crippen MR) is 83.0 cm³/mol. The first-order valence-electron chi connectivity index (χ1n) is 7.12. The maximum atomic E-state index is 11.4. The lowest BCUT2D eigenvalue weighted by Gasteiger charge is -2.02. The van der Waals surface area contributed by atoms with Crippen molar-refractivity contribution in [1.82, 2.24) is 5.48 Å². The SMILES string of the molecule is CCCCCC(=O)ONC(=O)/C=C/C=C/c1ccccc1. The van der Waals surface area contributed by atoms with E-state index < -0.39 is 11.9 Å². The van der Waals surface area contributed by atoms with Gasteiger partial charge in [-0.15, -0.1) is 0 Å². The Balaban J connectivity index is 2.22. The number of hydroxylamine groups is 1. The monoisotopic (exact) mass is 287 g/mol. The minimum atomic E-state index is -0.462. The average molecular weight is 287 g/mol. The normalized spacial score (nSPS) is 10.9. The van der Waals surface area contributed by atoms with Crippen molar-refractivity contribution in [3.63, 3.8) is 0 Å². The van der Waals surface area contributed by atoms with Gasteiger partial charge in [-0.05, 0) is 12.0 Å². The zero-order valence-corrected chi connectivity index (χ0v) is 12.2. The quantitative estimate of drug-likeness (QED) is 0.362. The average Bonchev–Trinajstić information content (AvgIpc) is 2.51. The van der Waals surface area contributed by atoms with Crippen LogP contribution in [0.2, 0.25) is 0 Å². The summed E-state index contributed by atoms with van der Waals surface area (Å²) in [5.74, 6) is -0.874. The molecule has 0 bridgehead atoms. The highest BCUT2D eigenvalue weighted by atomic mass is 16.7. The van der Waals surface area contributed by atoms with Gasteiger partial charge in [-0.1, -0.05) is 68.3 Å². The van der Waals surface area contributed by atoms with E-state index in [9.17, 15) is 9.59 Å². The fraction of sp³-hybridized carbons (Fsp3) is 0.294. The maximum Gasteiger partial charge on any atom is 0.332 e. The topological polar surface area (TPSA) is 55.4 Å². The lowest BCUT2D eigenvalue weighted by molar-refractivity contribution is -0.156. The second-order valence-electron chi connectivity index (χ2n) is 4.53. The summed E-state index contributed by atoms with van der Waals surface area (Å²) in [7, 11) is 0. The van der Waals surface area contributed by atoms with Gasteiger partial charge >= 0.3 is 5.97 Å². The Hall–Kier alpha value is -2.36. The van der Waals surface area contributed by atoms with Crippen LogP contribution >= 0.6 is 0 Å². The minimum Gasteiger partial charge on any atom is -0.341 e. The molecule has 0 aliphatic rings. The second kappa shape index (κ2) is 10.4. The molecular weight excluding hydrogens is 266 g/mol. The van der Waals surface area contributed by atoms with Crippen LogP contribution in [0.15, 0.2) is 48.6 Å². The van der Waals surface area contributed by atoms with Crippen molar-refractivity contribution in [3.05, 3.63) is 54.1 Å². The fourth-order valence-electron chi connectivity index (χ4n) is 1.59. The van der Waals surface area contributed by atoms with E-state index in [-0.39, 0.29) is 0 Å². The number of hydrogen-bond acceptors (Lipinski definition) is 3. The molecule has 4 nitrogen and oxygen atoms in total. The Labute approximate surface area is 125 Å². The Kier molecular flexibility index (Phi) is 8.29. The molecule has 0 atom stereocenters. The van der Waals surface area contributed by atoms with Gasteiger partial charge in [-0.2, -0.15) is 5.48 Å². The van der Waals surface area contributed by atoms with Crippen LogP contribution in [0.25, 0.3) is 6.08 Å². The smallest absolute Gasteiger partial charge is 0.332 e. The molecule has 0 aliphatic heterocycles. The lowest BCUT2D eigenvalue weighted by Crippen LogP contribution is -2.25. The first-order valence-corrected chi connectivity index (χ1v) is 7.12. The molecule has 0 saturated carbocycles. The number of hydrogen-bond donors (Lipinski definition) is 1. The van der Waals surface area contributed by atoms with E-state index in [4.69, 9.17) is 0 Å². The molecule has 21 heavy (non-hydrogen) atoms. The third kappa shape index (κ3) is 8.42. The lowest BCUT2D eigenvalue weighted by atomic mass is 10.2. The highest BCUT2D eigenvalue weighted by molar-refractivity contribution is 5.88. The zero-order chi connectivity index (χ0) is 15.3. The molecule has 112 valence electrons. The van der Waals surface area contributed by atoms with Gasteiger partial charge in [0.05, 0.1) is 0 Å². The number of carbonyl (C=O) groups excluding carboxylic acids is 2. The highest BCUT2D eigenvalue weighted by Gasteiger charge is 2.03. The molecule has 0 heterocycles. The Bertz CT molecular complexity index is 492. The van der Waals surface area contributed by atoms with E-state index in [0.29, 0.717) is 6.42 Å². The number of amides is 1. The molecule has 0 aliphatic carbocycles.